The van der Waals surface area contributed by atoms with Gasteiger partial charge in [0, 0.05) is 24.4 Å². The Morgan fingerprint density at radius 1 is 1.47 bits per heavy atom. The number of halogens is 2. The number of ether oxygens (including phenoxy) is 1. The van der Waals surface area contributed by atoms with Gasteiger partial charge in [0.1, 0.15) is 12.4 Å². The summed E-state index contributed by atoms with van der Waals surface area (Å²) in [6.45, 7) is 2.63. The summed E-state index contributed by atoms with van der Waals surface area (Å²) < 4.78 is 28.9. The fourth-order valence-electron chi connectivity index (χ4n) is 1.78. The third kappa shape index (κ3) is 5.94. The standard InChI is InChI=1S/C13H21F2N3O/c1-2-6-17-11(5-8-19-9-12(14)15)10-4-3-7-18-13(10)16/h3-4,7,11-12,17H,2,5-6,8-9H2,1H3,(H2,16,18). The summed E-state index contributed by atoms with van der Waals surface area (Å²) in [5.74, 6) is 0.463. The number of pyridine rings is 1. The van der Waals surface area contributed by atoms with Gasteiger partial charge in [-0.1, -0.05) is 13.0 Å². The highest BCUT2D eigenvalue weighted by Gasteiger charge is 2.14. The van der Waals surface area contributed by atoms with E-state index in [1.54, 1.807) is 6.20 Å². The second-order valence-corrected chi connectivity index (χ2v) is 4.24. The predicted molar refractivity (Wildman–Crippen MR) is 71.1 cm³/mol. The molecule has 0 fully saturated rings. The first kappa shape index (κ1) is 15.8. The van der Waals surface area contributed by atoms with Crippen LogP contribution >= 0.6 is 0 Å². The van der Waals surface area contributed by atoms with E-state index in [0.29, 0.717) is 12.2 Å². The van der Waals surface area contributed by atoms with Crippen LogP contribution in [0, 0.1) is 0 Å². The maximum atomic E-state index is 12.0. The summed E-state index contributed by atoms with van der Waals surface area (Å²) in [5.41, 5.74) is 6.72. The van der Waals surface area contributed by atoms with Gasteiger partial charge in [-0.3, -0.25) is 0 Å². The average Bonchev–Trinajstić information content (AvgIpc) is 2.39. The lowest BCUT2D eigenvalue weighted by molar-refractivity contribution is 0.0144. The quantitative estimate of drug-likeness (QED) is 0.678. The number of aromatic nitrogens is 1. The summed E-state index contributed by atoms with van der Waals surface area (Å²) in [6, 6.07) is 3.68. The van der Waals surface area contributed by atoms with Crippen LogP contribution in [0.1, 0.15) is 31.4 Å². The molecule has 1 rings (SSSR count). The van der Waals surface area contributed by atoms with Crippen LogP contribution in [-0.2, 0) is 4.74 Å². The lowest BCUT2D eigenvalue weighted by Gasteiger charge is -2.20. The van der Waals surface area contributed by atoms with Gasteiger partial charge in [0.2, 0.25) is 0 Å². The number of rotatable bonds is 9. The smallest absolute Gasteiger partial charge is 0.261 e. The number of anilines is 1. The Morgan fingerprint density at radius 3 is 2.89 bits per heavy atom. The molecule has 1 unspecified atom stereocenters. The van der Waals surface area contributed by atoms with Crippen LogP contribution in [0.25, 0.3) is 0 Å². The van der Waals surface area contributed by atoms with Crippen molar-refractivity contribution in [2.75, 3.05) is 25.5 Å². The molecule has 1 aromatic heterocycles. The zero-order chi connectivity index (χ0) is 14.1. The molecule has 1 atom stereocenters. The molecule has 19 heavy (non-hydrogen) atoms. The fraction of sp³-hybridized carbons (Fsp3) is 0.615. The van der Waals surface area contributed by atoms with E-state index in [2.05, 4.69) is 17.2 Å². The van der Waals surface area contributed by atoms with Gasteiger partial charge in [-0.2, -0.15) is 0 Å². The van der Waals surface area contributed by atoms with Crippen LogP contribution in [0.15, 0.2) is 18.3 Å². The second kappa shape index (κ2) is 8.77. The monoisotopic (exact) mass is 273 g/mol. The van der Waals surface area contributed by atoms with E-state index < -0.39 is 13.0 Å². The second-order valence-electron chi connectivity index (χ2n) is 4.24. The van der Waals surface area contributed by atoms with Crippen molar-refractivity contribution in [3.8, 4) is 0 Å². The lowest BCUT2D eigenvalue weighted by Crippen LogP contribution is -2.25. The Hall–Kier alpha value is -1.27. The minimum atomic E-state index is -2.43. The van der Waals surface area contributed by atoms with E-state index >= 15 is 0 Å². The van der Waals surface area contributed by atoms with E-state index in [4.69, 9.17) is 10.5 Å². The van der Waals surface area contributed by atoms with E-state index in [1.165, 1.54) is 0 Å². The van der Waals surface area contributed by atoms with Crippen molar-refractivity contribution in [2.45, 2.75) is 32.2 Å². The van der Waals surface area contributed by atoms with Crippen LogP contribution < -0.4 is 11.1 Å². The molecule has 3 N–H and O–H groups in total. The van der Waals surface area contributed by atoms with Crippen molar-refractivity contribution in [1.82, 2.24) is 10.3 Å². The summed E-state index contributed by atoms with van der Waals surface area (Å²) >= 11 is 0. The maximum Gasteiger partial charge on any atom is 0.261 e. The summed E-state index contributed by atoms with van der Waals surface area (Å²) in [7, 11) is 0. The summed E-state index contributed by atoms with van der Waals surface area (Å²) in [6.07, 6.45) is 0.769. The first-order chi connectivity index (χ1) is 9.15. The molecule has 1 aromatic rings. The molecule has 0 spiro atoms. The molecule has 0 saturated carbocycles. The summed E-state index contributed by atoms with van der Waals surface area (Å²) in [4.78, 5) is 4.04. The number of alkyl halides is 2. The molecule has 4 nitrogen and oxygen atoms in total. The van der Waals surface area contributed by atoms with E-state index in [1.807, 2.05) is 12.1 Å². The Labute approximate surface area is 112 Å². The van der Waals surface area contributed by atoms with Gasteiger partial charge in [-0.25, -0.2) is 13.8 Å². The molecule has 0 bridgehead atoms. The number of hydrogen-bond donors (Lipinski definition) is 2. The number of hydrogen-bond acceptors (Lipinski definition) is 4. The number of nitrogens with one attached hydrogen (secondary N) is 1. The van der Waals surface area contributed by atoms with Crippen LogP contribution in [0.2, 0.25) is 0 Å². The fourth-order valence-corrected chi connectivity index (χ4v) is 1.78. The van der Waals surface area contributed by atoms with Crippen molar-refractivity contribution in [2.24, 2.45) is 0 Å². The Kier molecular flexibility index (Phi) is 7.28. The van der Waals surface area contributed by atoms with Crippen molar-refractivity contribution in [1.29, 1.82) is 0 Å². The third-order valence-corrected chi connectivity index (χ3v) is 2.68. The van der Waals surface area contributed by atoms with E-state index in [-0.39, 0.29) is 12.6 Å². The van der Waals surface area contributed by atoms with Gasteiger partial charge in [0.15, 0.2) is 0 Å². The average molecular weight is 273 g/mol. The lowest BCUT2D eigenvalue weighted by atomic mass is 10.0. The zero-order valence-corrected chi connectivity index (χ0v) is 11.1. The zero-order valence-electron chi connectivity index (χ0n) is 11.1. The predicted octanol–water partition coefficient (Wildman–Crippen LogP) is 2.38. The van der Waals surface area contributed by atoms with Crippen molar-refractivity contribution in [3.63, 3.8) is 0 Å². The summed E-state index contributed by atoms with van der Waals surface area (Å²) in [5, 5.41) is 3.33. The molecular formula is C13H21F2N3O. The van der Waals surface area contributed by atoms with Gasteiger partial charge < -0.3 is 15.8 Å². The van der Waals surface area contributed by atoms with Crippen LogP contribution in [-0.4, -0.2) is 31.2 Å². The molecule has 108 valence electrons. The largest absolute Gasteiger partial charge is 0.383 e. The molecule has 6 heteroatoms. The Morgan fingerprint density at radius 2 is 2.26 bits per heavy atom. The minimum absolute atomic E-state index is 0.0219. The van der Waals surface area contributed by atoms with Crippen LogP contribution in [0.4, 0.5) is 14.6 Å². The Balaban J connectivity index is 2.54. The molecule has 0 aliphatic heterocycles. The molecule has 0 saturated heterocycles. The molecule has 0 aliphatic rings. The third-order valence-electron chi connectivity index (χ3n) is 2.68. The topological polar surface area (TPSA) is 60.2 Å². The number of nitrogens with two attached hydrogens (primary N) is 1. The minimum Gasteiger partial charge on any atom is -0.383 e. The van der Waals surface area contributed by atoms with Gasteiger partial charge in [0.25, 0.3) is 6.43 Å². The van der Waals surface area contributed by atoms with Gasteiger partial charge in [-0.05, 0) is 25.5 Å². The molecule has 0 aliphatic carbocycles. The van der Waals surface area contributed by atoms with Gasteiger partial charge >= 0.3 is 0 Å². The maximum absolute atomic E-state index is 12.0. The van der Waals surface area contributed by atoms with Crippen LogP contribution in [0.5, 0.6) is 0 Å². The van der Waals surface area contributed by atoms with Crippen molar-refractivity contribution >= 4 is 5.82 Å². The van der Waals surface area contributed by atoms with E-state index in [9.17, 15) is 8.78 Å². The van der Waals surface area contributed by atoms with Gasteiger partial charge in [-0.15, -0.1) is 0 Å². The molecule has 1 heterocycles. The highest BCUT2D eigenvalue weighted by Crippen LogP contribution is 2.21. The van der Waals surface area contributed by atoms with Crippen molar-refractivity contribution in [3.05, 3.63) is 23.9 Å². The van der Waals surface area contributed by atoms with E-state index in [0.717, 1.165) is 18.5 Å². The van der Waals surface area contributed by atoms with Crippen molar-refractivity contribution < 1.29 is 13.5 Å². The first-order valence-corrected chi connectivity index (χ1v) is 6.44. The molecule has 0 amide bonds. The molecule has 0 radical (unpaired) electrons. The molecular weight excluding hydrogens is 252 g/mol. The highest BCUT2D eigenvalue weighted by molar-refractivity contribution is 5.40. The number of nitrogen functional groups attached to an aromatic ring is 1. The number of nitrogens with zero attached hydrogens (tertiary/aromatic N) is 1. The SMILES string of the molecule is CCCNC(CCOCC(F)F)c1cccnc1N. The van der Waals surface area contributed by atoms with Gasteiger partial charge in [0.05, 0.1) is 0 Å². The molecule has 0 aromatic carbocycles. The Bertz CT molecular complexity index is 363. The normalized spacial score (nSPS) is 12.8. The first-order valence-electron chi connectivity index (χ1n) is 6.44. The van der Waals surface area contributed by atoms with Crippen LogP contribution in [0.3, 0.4) is 0 Å². The highest BCUT2D eigenvalue weighted by atomic mass is 19.3.